The maximum absolute atomic E-state index is 13.4. The van der Waals surface area contributed by atoms with Crippen LogP contribution in [0.25, 0.3) is 33.4 Å². The monoisotopic (exact) mass is 388 g/mol. The van der Waals surface area contributed by atoms with Crippen LogP contribution in [0.4, 0.5) is 10.2 Å². The molecule has 0 aliphatic carbocycles. The predicted molar refractivity (Wildman–Crippen MR) is 114 cm³/mol. The Hall–Kier alpha value is -3.54. The Morgan fingerprint density at radius 2 is 1.83 bits per heavy atom. The summed E-state index contributed by atoms with van der Waals surface area (Å²) in [6.45, 7) is 4.44. The maximum Gasteiger partial charge on any atom is 0.164 e. The van der Waals surface area contributed by atoms with E-state index >= 15 is 0 Å². The van der Waals surface area contributed by atoms with E-state index in [1.54, 1.807) is 24.5 Å². The lowest BCUT2D eigenvalue weighted by Crippen LogP contribution is -2.02. The molecule has 1 N–H and O–H groups in total. The van der Waals surface area contributed by atoms with Gasteiger partial charge in [-0.15, -0.1) is 0 Å². The van der Waals surface area contributed by atoms with Gasteiger partial charge < -0.3 is 10.1 Å². The van der Waals surface area contributed by atoms with E-state index in [9.17, 15) is 4.39 Å². The van der Waals surface area contributed by atoms with Gasteiger partial charge in [0.15, 0.2) is 5.82 Å². The van der Waals surface area contributed by atoms with Crippen molar-refractivity contribution in [2.75, 3.05) is 19.0 Å². The van der Waals surface area contributed by atoms with Crippen LogP contribution >= 0.6 is 0 Å². The van der Waals surface area contributed by atoms with Crippen molar-refractivity contribution in [2.45, 2.75) is 13.8 Å². The van der Waals surface area contributed by atoms with E-state index in [2.05, 4.69) is 10.3 Å². The number of halogens is 1. The Kier molecular flexibility index (Phi) is 5.08. The zero-order valence-electron chi connectivity index (χ0n) is 16.5. The van der Waals surface area contributed by atoms with Gasteiger partial charge in [-0.3, -0.25) is 4.98 Å². The fourth-order valence-corrected chi connectivity index (χ4v) is 3.28. The highest BCUT2D eigenvalue weighted by atomic mass is 19.1. The van der Waals surface area contributed by atoms with Crippen molar-refractivity contribution in [2.24, 2.45) is 0 Å². The summed E-state index contributed by atoms with van der Waals surface area (Å²) in [5.41, 5.74) is 4.43. The lowest BCUT2D eigenvalue weighted by atomic mass is 10.0. The van der Waals surface area contributed by atoms with Crippen LogP contribution in [-0.4, -0.2) is 28.6 Å². The van der Waals surface area contributed by atoms with Gasteiger partial charge in [0.1, 0.15) is 22.9 Å². The number of anilines is 1. The average molecular weight is 388 g/mol. The Bertz CT molecular complexity index is 1180. The first-order chi connectivity index (χ1) is 14.1. The normalized spacial score (nSPS) is 10.9. The summed E-state index contributed by atoms with van der Waals surface area (Å²) in [6, 6.07) is 12.3. The number of pyridine rings is 1. The predicted octanol–water partition coefficient (Wildman–Crippen LogP) is 5.25. The SMILES string of the molecule is CCOc1cc(-c2ccc(F)cc2)cc2c(NC)nc(-c3cnccc3C)nc12. The van der Waals surface area contributed by atoms with Gasteiger partial charge >= 0.3 is 0 Å². The van der Waals surface area contributed by atoms with E-state index in [-0.39, 0.29) is 5.82 Å². The van der Waals surface area contributed by atoms with Crippen LogP contribution in [0.15, 0.2) is 54.9 Å². The lowest BCUT2D eigenvalue weighted by molar-refractivity contribution is 0.344. The average Bonchev–Trinajstić information content (AvgIpc) is 2.74. The first-order valence-electron chi connectivity index (χ1n) is 9.44. The van der Waals surface area contributed by atoms with E-state index < -0.39 is 0 Å². The quantitative estimate of drug-likeness (QED) is 0.506. The maximum atomic E-state index is 13.4. The molecular weight excluding hydrogens is 367 g/mol. The molecule has 146 valence electrons. The smallest absolute Gasteiger partial charge is 0.164 e. The van der Waals surface area contributed by atoms with Crippen molar-refractivity contribution >= 4 is 16.7 Å². The number of hydrogen-bond acceptors (Lipinski definition) is 5. The van der Waals surface area contributed by atoms with Crippen molar-refractivity contribution < 1.29 is 9.13 Å². The molecule has 2 aromatic heterocycles. The number of ether oxygens (including phenoxy) is 1. The van der Waals surface area contributed by atoms with Crippen LogP contribution in [0, 0.1) is 12.7 Å². The fourth-order valence-electron chi connectivity index (χ4n) is 3.28. The van der Waals surface area contributed by atoms with Crippen LogP contribution in [0.5, 0.6) is 5.75 Å². The molecule has 0 fully saturated rings. The Morgan fingerprint density at radius 1 is 1.03 bits per heavy atom. The van der Waals surface area contributed by atoms with E-state index in [0.29, 0.717) is 24.0 Å². The van der Waals surface area contributed by atoms with Crippen molar-refractivity contribution in [3.63, 3.8) is 0 Å². The van der Waals surface area contributed by atoms with Crippen molar-refractivity contribution in [1.29, 1.82) is 0 Å². The molecule has 0 radical (unpaired) electrons. The number of nitrogens with zero attached hydrogens (tertiary/aromatic N) is 3. The molecule has 0 spiro atoms. The first kappa shape index (κ1) is 18.8. The molecule has 6 heteroatoms. The van der Waals surface area contributed by atoms with Gasteiger partial charge in [-0.1, -0.05) is 12.1 Å². The number of aryl methyl sites for hydroxylation is 1. The second kappa shape index (κ2) is 7.83. The third-order valence-corrected chi connectivity index (χ3v) is 4.76. The molecule has 29 heavy (non-hydrogen) atoms. The third kappa shape index (κ3) is 3.61. The fraction of sp³-hybridized carbons (Fsp3) is 0.174. The minimum absolute atomic E-state index is 0.268. The molecule has 0 saturated heterocycles. The number of benzene rings is 2. The van der Waals surface area contributed by atoms with Crippen molar-refractivity contribution in [3.05, 3.63) is 66.2 Å². The first-order valence-corrected chi connectivity index (χ1v) is 9.44. The van der Waals surface area contributed by atoms with Crippen LogP contribution in [0.1, 0.15) is 12.5 Å². The topological polar surface area (TPSA) is 59.9 Å². The van der Waals surface area contributed by atoms with Crippen LogP contribution < -0.4 is 10.1 Å². The molecule has 0 aliphatic heterocycles. The highest BCUT2D eigenvalue weighted by molar-refractivity contribution is 5.97. The molecule has 0 bridgehead atoms. The minimum atomic E-state index is -0.268. The second-order valence-corrected chi connectivity index (χ2v) is 6.65. The summed E-state index contributed by atoms with van der Waals surface area (Å²) in [7, 11) is 1.83. The van der Waals surface area contributed by atoms with Crippen LogP contribution in [0.2, 0.25) is 0 Å². The molecule has 2 heterocycles. The molecule has 4 rings (SSSR count). The van der Waals surface area contributed by atoms with Crippen LogP contribution in [0.3, 0.4) is 0 Å². The van der Waals surface area contributed by atoms with Gasteiger partial charge in [0.2, 0.25) is 0 Å². The van der Waals surface area contributed by atoms with E-state index in [1.807, 2.05) is 39.1 Å². The molecule has 0 aliphatic rings. The summed E-state index contributed by atoms with van der Waals surface area (Å²) < 4.78 is 19.3. The molecule has 0 saturated carbocycles. The van der Waals surface area contributed by atoms with Gasteiger partial charge in [-0.2, -0.15) is 0 Å². The molecule has 0 atom stereocenters. The Labute approximate surface area is 168 Å². The van der Waals surface area contributed by atoms with Gasteiger partial charge in [-0.05, 0) is 60.9 Å². The van der Waals surface area contributed by atoms with Gasteiger partial charge in [0.05, 0.1) is 6.61 Å². The lowest BCUT2D eigenvalue weighted by Gasteiger charge is -2.15. The van der Waals surface area contributed by atoms with Crippen molar-refractivity contribution in [1.82, 2.24) is 15.0 Å². The molecule has 0 amide bonds. The third-order valence-electron chi connectivity index (χ3n) is 4.76. The second-order valence-electron chi connectivity index (χ2n) is 6.65. The number of aromatic nitrogens is 3. The molecular formula is C23H21FN4O. The summed E-state index contributed by atoms with van der Waals surface area (Å²) >= 11 is 0. The standard InChI is InChI=1S/C23H21FN4O/c1-4-29-20-12-16(15-5-7-17(24)8-6-15)11-18-21(20)27-23(28-22(18)25-3)19-13-26-10-9-14(19)2/h5-13H,4H2,1-3H3,(H,25,27,28). The Morgan fingerprint density at radius 3 is 2.52 bits per heavy atom. The van der Waals surface area contributed by atoms with Crippen LogP contribution in [-0.2, 0) is 0 Å². The van der Waals surface area contributed by atoms with E-state index in [1.165, 1.54) is 12.1 Å². The zero-order chi connectivity index (χ0) is 20.4. The highest BCUT2D eigenvalue weighted by Crippen LogP contribution is 2.36. The van der Waals surface area contributed by atoms with Crippen molar-refractivity contribution in [3.8, 4) is 28.3 Å². The number of fused-ring (bicyclic) bond motifs is 1. The van der Waals surface area contributed by atoms with Gasteiger partial charge in [0, 0.05) is 30.4 Å². The molecule has 4 aromatic rings. The summed E-state index contributed by atoms with van der Waals surface area (Å²) in [5, 5.41) is 4.01. The number of nitrogens with one attached hydrogen (secondary N) is 1. The number of hydrogen-bond donors (Lipinski definition) is 1. The minimum Gasteiger partial charge on any atom is -0.492 e. The van der Waals surface area contributed by atoms with Gasteiger partial charge in [0.25, 0.3) is 0 Å². The molecule has 5 nitrogen and oxygen atoms in total. The molecule has 0 unspecified atom stereocenters. The van der Waals surface area contributed by atoms with E-state index in [4.69, 9.17) is 14.7 Å². The summed E-state index contributed by atoms with van der Waals surface area (Å²) in [5.74, 6) is 1.67. The largest absolute Gasteiger partial charge is 0.492 e. The van der Waals surface area contributed by atoms with E-state index in [0.717, 1.165) is 33.2 Å². The number of rotatable bonds is 5. The Balaban J connectivity index is 1.98. The highest BCUT2D eigenvalue weighted by Gasteiger charge is 2.16. The zero-order valence-corrected chi connectivity index (χ0v) is 16.5. The summed E-state index contributed by atoms with van der Waals surface area (Å²) in [4.78, 5) is 13.7. The van der Waals surface area contributed by atoms with Gasteiger partial charge in [-0.25, -0.2) is 14.4 Å². The molecule has 2 aromatic carbocycles. The summed E-state index contributed by atoms with van der Waals surface area (Å²) in [6.07, 6.45) is 3.52.